The Balaban J connectivity index is 1.20. The third kappa shape index (κ3) is 2.85. The zero-order chi connectivity index (χ0) is 19.4. The monoisotopic (exact) mass is 385 g/mol. The van der Waals surface area contributed by atoms with E-state index in [0.29, 0.717) is 40.9 Å². The Kier molecular flexibility index (Phi) is 3.92. The topological polar surface area (TPSA) is 46.9 Å². The van der Waals surface area contributed by atoms with Gasteiger partial charge in [0.15, 0.2) is 11.6 Å². The molecule has 4 atom stereocenters. The summed E-state index contributed by atoms with van der Waals surface area (Å²) >= 11 is 0. The largest absolute Gasteiger partial charge is 0.352 e. The number of carbonyl (C=O) groups is 1. The van der Waals surface area contributed by atoms with Crippen LogP contribution in [-0.2, 0) is 0 Å². The molecule has 2 aliphatic carbocycles. The van der Waals surface area contributed by atoms with Crippen LogP contribution in [0.4, 0.5) is 13.2 Å². The highest BCUT2D eigenvalue weighted by Crippen LogP contribution is 2.60. The van der Waals surface area contributed by atoms with E-state index in [-0.39, 0.29) is 17.8 Å². The average molecular weight is 385 g/mol. The first kappa shape index (κ1) is 17.3. The molecule has 3 aromatic rings. The summed E-state index contributed by atoms with van der Waals surface area (Å²) in [7, 11) is 0. The quantitative estimate of drug-likeness (QED) is 0.736. The van der Waals surface area contributed by atoms with Crippen molar-refractivity contribution in [3.63, 3.8) is 0 Å². The number of amides is 1. The zero-order valence-corrected chi connectivity index (χ0v) is 14.9. The molecule has 4 nitrogen and oxygen atoms in total. The maximum Gasteiger partial charge on any atom is 0.251 e. The Morgan fingerprint density at radius 3 is 2.46 bits per heavy atom. The molecule has 0 aliphatic heterocycles. The van der Waals surface area contributed by atoms with Crippen LogP contribution in [0.25, 0.3) is 11.0 Å². The zero-order valence-electron chi connectivity index (χ0n) is 14.9. The van der Waals surface area contributed by atoms with E-state index in [1.54, 1.807) is 6.33 Å². The van der Waals surface area contributed by atoms with E-state index in [4.69, 9.17) is 0 Å². The summed E-state index contributed by atoms with van der Waals surface area (Å²) in [4.78, 5) is 16.3. The number of hydrogen-bond donors (Lipinski definition) is 1. The normalized spacial score (nSPS) is 25.7. The number of nitrogens with one attached hydrogen (secondary N) is 1. The SMILES string of the molecule is O=C(NC[C@@H]1[C@H]2C[C@H](n3cnc4cc(F)c(F)cc43)C[C@@H]12)c1ccc(F)cc1. The first-order chi connectivity index (χ1) is 13.5. The van der Waals surface area contributed by atoms with Crippen molar-refractivity contribution in [2.24, 2.45) is 17.8 Å². The van der Waals surface area contributed by atoms with Crippen LogP contribution in [0.2, 0.25) is 0 Å². The Hall–Kier alpha value is -2.83. The summed E-state index contributed by atoms with van der Waals surface area (Å²) in [5.41, 5.74) is 1.53. The van der Waals surface area contributed by atoms with Gasteiger partial charge in [0.05, 0.1) is 17.4 Å². The Morgan fingerprint density at radius 1 is 1.07 bits per heavy atom. The van der Waals surface area contributed by atoms with Gasteiger partial charge in [-0.1, -0.05) is 0 Å². The number of carbonyl (C=O) groups excluding carboxylic acids is 1. The van der Waals surface area contributed by atoms with Crippen molar-refractivity contribution in [2.75, 3.05) is 6.54 Å². The third-order valence-corrected chi connectivity index (χ3v) is 6.21. The minimum Gasteiger partial charge on any atom is -0.352 e. The van der Waals surface area contributed by atoms with Crippen molar-refractivity contribution in [1.29, 1.82) is 0 Å². The van der Waals surface area contributed by atoms with Gasteiger partial charge >= 0.3 is 0 Å². The van der Waals surface area contributed by atoms with E-state index >= 15 is 0 Å². The molecule has 2 aliphatic rings. The highest BCUT2D eigenvalue weighted by atomic mass is 19.2. The maximum absolute atomic E-state index is 13.6. The molecule has 2 fully saturated rings. The molecule has 1 N–H and O–H groups in total. The lowest BCUT2D eigenvalue weighted by Gasteiger charge is -2.17. The molecular formula is C21H18F3N3O. The molecular weight excluding hydrogens is 367 g/mol. The van der Waals surface area contributed by atoms with Gasteiger partial charge in [-0.3, -0.25) is 4.79 Å². The smallest absolute Gasteiger partial charge is 0.251 e. The van der Waals surface area contributed by atoms with Crippen molar-refractivity contribution >= 4 is 16.9 Å². The average Bonchev–Trinajstić information content (AvgIpc) is 3.00. The van der Waals surface area contributed by atoms with Crippen molar-refractivity contribution in [2.45, 2.75) is 18.9 Å². The van der Waals surface area contributed by atoms with E-state index in [0.717, 1.165) is 18.9 Å². The maximum atomic E-state index is 13.6. The molecule has 1 aromatic heterocycles. The Labute approximate surface area is 159 Å². The van der Waals surface area contributed by atoms with E-state index < -0.39 is 11.6 Å². The predicted molar refractivity (Wildman–Crippen MR) is 97.1 cm³/mol. The standard InChI is InChI=1S/C21H18F3N3O/c22-12-3-1-11(2-4-12)21(28)25-9-16-14-5-13(6-15(14)16)27-10-26-19-7-17(23)18(24)8-20(19)27/h1-4,7-8,10,13-16H,5-6,9H2,(H,25,28)/t13-,14-,15+,16+. The number of imidazole rings is 1. The minimum absolute atomic E-state index is 0.195. The molecule has 0 unspecified atom stereocenters. The van der Waals surface area contributed by atoms with Crippen LogP contribution in [0, 0.1) is 35.2 Å². The van der Waals surface area contributed by atoms with E-state index in [1.165, 1.54) is 30.3 Å². The molecule has 28 heavy (non-hydrogen) atoms. The van der Waals surface area contributed by atoms with Crippen LogP contribution in [0.15, 0.2) is 42.7 Å². The highest BCUT2D eigenvalue weighted by Gasteiger charge is 2.56. The fraction of sp³-hybridized carbons (Fsp3) is 0.333. The van der Waals surface area contributed by atoms with Crippen LogP contribution in [0.3, 0.4) is 0 Å². The molecule has 7 heteroatoms. The number of halogens is 3. The fourth-order valence-corrected chi connectivity index (χ4v) is 4.71. The second-order valence-corrected chi connectivity index (χ2v) is 7.74. The van der Waals surface area contributed by atoms with Gasteiger partial charge in [-0.2, -0.15) is 0 Å². The molecule has 144 valence electrons. The number of hydrogen-bond acceptors (Lipinski definition) is 2. The van der Waals surface area contributed by atoms with Crippen molar-refractivity contribution < 1.29 is 18.0 Å². The van der Waals surface area contributed by atoms with Crippen LogP contribution in [0.5, 0.6) is 0 Å². The predicted octanol–water partition coefficient (Wildman–Crippen LogP) is 4.08. The number of nitrogens with zero attached hydrogens (tertiary/aromatic N) is 2. The second kappa shape index (κ2) is 6.36. The number of fused-ring (bicyclic) bond motifs is 2. The first-order valence-electron chi connectivity index (χ1n) is 9.36. The molecule has 1 heterocycles. The van der Waals surface area contributed by atoms with Crippen LogP contribution >= 0.6 is 0 Å². The van der Waals surface area contributed by atoms with Gasteiger partial charge in [-0.15, -0.1) is 0 Å². The van der Waals surface area contributed by atoms with E-state index in [9.17, 15) is 18.0 Å². The molecule has 0 radical (unpaired) electrons. The summed E-state index contributed by atoms with van der Waals surface area (Å²) in [6.45, 7) is 0.600. The van der Waals surface area contributed by atoms with Gasteiger partial charge in [0.25, 0.3) is 5.91 Å². The first-order valence-corrected chi connectivity index (χ1v) is 9.36. The minimum atomic E-state index is -0.885. The fourth-order valence-electron chi connectivity index (χ4n) is 4.71. The lowest BCUT2D eigenvalue weighted by Crippen LogP contribution is -2.27. The molecule has 2 aromatic carbocycles. The van der Waals surface area contributed by atoms with Gasteiger partial charge in [-0.05, 0) is 54.9 Å². The molecule has 5 rings (SSSR count). The van der Waals surface area contributed by atoms with Crippen LogP contribution in [0.1, 0.15) is 29.2 Å². The lowest BCUT2D eigenvalue weighted by atomic mass is 10.1. The van der Waals surface area contributed by atoms with Crippen molar-refractivity contribution in [3.8, 4) is 0 Å². The van der Waals surface area contributed by atoms with Gasteiger partial charge in [-0.25, -0.2) is 18.2 Å². The third-order valence-electron chi connectivity index (χ3n) is 6.21. The Bertz CT molecular complexity index is 1050. The summed E-state index contributed by atoms with van der Waals surface area (Å²) < 4.78 is 41.9. The van der Waals surface area contributed by atoms with Crippen LogP contribution in [-0.4, -0.2) is 22.0 Å². The highest BCUT2D eigenvalue weighted by molar-refractivity contribution is 5.94. The van der Waals surface area contributed by atoms with Gasteiger partial charge < -0.3 is 9.88 Å². The summed E-state index contributed by atoms with van der Waals surface area (Å²) in [6.07, 6.45) is 3.53. The molecule has 0 bridgehead atoms. The molecule has 0 saturated heterocycles. The summed E-state index contributed by atoms with van der Waals surface area (Å²) in [5.74, 6) is -0.844. The number of rotatable bonds is 4. The van der Waals surface area contributed by atoms with E-state index in [1.807, 2.05) is 4.57 Å². The number of benzene rings is 2. The van der Waals surface area contributed by atoms with Gasteiger partial charge in [0.2, 0.25) is 0 Å². The number of aromatic nitrogens is 2. The Morgan fingerprint density at radius 2 is 1.75 bits per heavy atom. The lowest BCUT2D eigenvalue weighted by molar-refractivity contribution is 0.0950. The molecule has 1 amide bonds. The summed E-state index contributed by atoms with van der Waals surface area (Å²) in [5, 5.41) is 2.93. The molecule has 2 saturated carbocycles. The van der Waals surface area contributed by atoms with Crippen molar-refractivity contribution in [3.05, 3.63) is 65.7 Å². The van der Waals surface area contributed by atoms with Crippen molar-refractivity contribution in [1.82, 2.24) is 14.9 Å². The van der Waals surface area contributed by atoms with E-state index in [2.05, 4.69) is 10.3 Å². The molecule has 0 spiro atoms. The van der Waals surface area contributed by atoms with Gasteiger partial charge in [0.1, 0.15) is 5.82 Å². The second-order valence-electron chi connectivity index (χ2n) is 7.74. The van der Waals surface area contributed by atoms with Gasteiger partial charge in [0, 0.05) is 30.3 Å². The van der Waals surface area contributed by atoms with Crippen LogP contribution < -0.4 is 5.32 Å². The summed E-state index contributed by atoms with van der Waals surface area (Å²) in [6, 6.07) is 8.05.